The molecule has 0 unspecified atom stereocenters. The molecular weight excluding hydrogens is 353 g/mol. The predicted octanol–water partition coefficient (Wildman–Crippen LogP) is 3.32. The Kier molecular flexibility index (Phi) is 5.02. The summed E-state index contributed by atoms with van der Waals surface area (Å²) in [5, 5.41) is 35.9. The normalized spacial score (nSPS) is 12.9. The fourth-order valence-electron chi connectivity index (χ4n) is 2.01. The van der Waals surface area contributed by atoms with Crippen molar-refractivity contribution in [2.75, 3.05) is 0 Å². The number of rotatable bonds is 3. The smallest absolute Gasteiger partial charge is 0.416 e. The van der Waals surface area contributed by atoms with Gasteiger partial charge in [0.15, 0.2) is 17.7 Å². The van der Waals surface area contributed by atoms with Gasteiger partial charge in [-0.3, -0.25) is 0 Å². The van der Waals surface area contributed by atoms with E-state index < -0.39 is 45.8 Å². The quantitative estimate of drug-likeness (QED) is 0.375. The maximum absolute atomic E-state index is 13.0. The third-order valence-corrected chi connectivity index (χ3v) is 3.15. The van der Waals surface area contributed by atoms with Gasteiger partial charge in [-0.2, -0.15) is 17.9 Å². The van der Waals surface area contributed by atoms with E-state index >= 15 is 0 Å². The molecule has 0 saturated carbocycles. The molecule has 2 aromatic rings. The van der Waals surface area contributed by atoms with Gasteiger partial charge in [-0.15, -0.1) is 0 Å². The molecule has 1 aromatic carbocycles. The van der Waals surface area contributed by atoms with Gasteiger partial charge in [0.2, 0.25) is 0 Å². The lowest BCUT2D eigenvalue weighted by Gasteiger charge is -2.18. The lowest BCUT2D eigenvalue weighted by molar-refractivity contribution is -0.607. The average molecular weight is 370 g/mol. The van der Waals surface area contributed by atoms with Crippen molar-refractivity contribution in [1.82, 2.24) is 0 Å². The van der Waals surface area contributed by atoms with Gasteiger partial charge in [0, 0.05) is 6.07 Å². The Morgan fingerprint density at radius 3 is 2.31 bits per heavy atom. The highest BCUT2D eigenvalue weighted by atomic mass is 19.4. The summed E-state index contributed by atoms with van der Waals surface area (Å²) >= 11 is 0. The molecule has 0 aliphatic carbocycles. The fourth-order valence-corrected chi connectivity index (χ4v) is 2.01. The molecule has 0 fully saturated rings. The standard InChI is InChI=1S/C17H17F3N2O4/c1-16(2,3)26-21-14(15-13(24)5-4-8-22(15)25)11-9-10(17(18,19)20)6-7-12(11)23/h4-9,23-24H,1-3H3/b21-14-. The highest BCUT2D eigenvalue weighted by Gasteiger charge is 2.33. The van der Waals surface area contributed by atoms with E-state index in [4.69, 9.17) is 4.84 Å². The summed E-state index contributed by atoms with van der Waals surface area (Å²) in [4.78, 5) is 5.22. The Hall–Kier alpha value is -2.97. The number of benzene rings is 1. The summed E-state index contributed by atoms with van der Waals surface area (Å²) < 4.78 is 39.3. The van der Waals surface area contributed by atoms with Crippen LogP contribution in [0.4, 0.5) is 13.2 Å². The highest BCUT2D eigenvalue weighted by molar-refractivity contribution is 6.13. The molecule has 0 bridgehead atoms. The largest absolute Gasteiger partial charge is 0.618 e. The van der Waals surface area contributed by atoms with Crippen molar-refractivity contribution >= 4 is 5.71 Å². The van der Waals surface area contributed by atoms with Crippen molar-refractivity contribution < 1.29 is 33.0 Å². The number of alkyl halides is 3. The second-order valence-corrected chi connectivity index (χ2v) is 6.44. The molecule has 0 radical (unpaired) electrons. The number of pyridine rings is 1. The molecule has 6 nitrogen and oxygen atoms in total. The molecule has 1 heterocycles. The molecule has 0 aliphatic rings. The van der Waals surface area contributed by atoms with E-state index in [0.29, 0.717) is 12.1 Å². The number of oxime groups is 1. The van der Waals surface area contributed by atoms with Crippen LogP contribution in [0.5, 0.6) is 11.5 Å². The van der Waals surface area contributed by atoms with Crippen molar-refractivity contribution in [3.8, 4) is 11.5 Å². The first-order chi connectivity index (χ1) is 11.9. The number of aromatic nitrogens is 1. The molecule has 140 valence electrons. The molecule has 1 aromatic heterocycles. The monoisotopic (exact) mass is 370 g/mol. The van der Waals surface area contributed by atoms with Crippen molar-refractivity contribution in [3.63, 3.8) is 0 Å². The highest BCUT2D eigenvalue weighted by Crippen LogP contribution is 2.34. The van der Waals surface area contributed by atoms with Crippen molar-refractivity contribution in [2.45, 2.75) is 32.5 Å². The summed E-state index contributed by atoms with van der Waals surface area (Å²) in [7, 11) is 0. The van der Waals surface area contributed by atoms with Crippen LogP contribution in [0.15, 0.2) is 41.7 Å². The van der Waals surface area contributed by atoms with E-state index in [0.717, 1.165) is 12.3 Å². The molecule has 0 aliphatic heterocycles. The maximum atomic E-state index is 13.0. The van der Waals surface area contributed by atoms with E-state index in [1.54, 1.807) is 20.8 Å². The number of nitrogens with zero attached hydrogens (tertiary/aromatic N) is 2. The first-order valence-electron chi connectivity index (χ1n) is 7.48. The number of aromatic hydroxyl groups is 2. The van der Waals surface area contributed by atoms with Gasteiger partial charge in [0.25, 0.3) is 5.69 Å². The summed E-state index contributed by atoms with van der Waals surface area (Å²) in [6, 6.07) is 4.57. The topological polar surface area (TPSA) is 89.0 Å². The van der Waals surface area contributed by atoms with Gasteiger partial charge in [0.05, 0.1) is 11.1 Å². The second kappa shape index (κ2) is 6.74. The van der Waals surface area contributed by atoms with Gasteiger partial charge in [-0.05, 0) is 45.0 Å². The van der Waals surface area contributed by atoms with Crippen LogP contribution in [0.25, 0.3) is 0 Å². The van der Waals surface area contributed by atoms with Crippen LogP contribution < -0.4 is 4.73 Å². The third kappa shape index (κ3) is 4.35. The molecule has 0 spiro atoms. The van der Waals surface area contributed by atoms with Crippen LogP contribution in [0.1, 0.15) is 37.6 Å². The molecule has 26 heavy (non-hydrogen) atoms. The van der Waals surface area contributed by atoms with Crippen LogP contribution in [-0.2, 0) is 11.0 Å². The Balaban J connectivity index is 2.74. The Morgan fingerprint density at radius 1 is 1.12 bits per heavy atom. The average Bonchev–Trinajstić information content (AvgIpc) is 2.49. The zero-order chi connectivity index (χ0) is 19.7. The van der Waals surface area contributed by atoms with E-state index in [1.165, 1.54) is 12.1 Å². The minimum absolute atomic E-state index is 0.222. The zero-order valence-corrected chi connectivity index (χ0v) is 14.2. The molecule has 9 heteroatoms. The van der Waals surface area contributed by atoms with Gasteiger partial charge in [0.1, 0.15) is 11.4 Å². The summed E-state index contributed by atoms with van der Waals surface area (Å²) in [5.41, 5.74) is -3.18. The summed E-state index contributed by atoms with van der Waals surface area (Å²) in [5.74, 6) is -1.09. The summed E-state index contributed by atoms with van der Waals surface area (Å²) in [6.45, 7) is 4.91. The zero-order valence-electron chi connectivity index (χ0n) is 14.2. The van der Waals surface area contributed by atoms with Crippen molar-refractivity contribution in [3.05, 3.63) is 58.6 Å². The van der Waals surface area contributed by atoms with Gasteiger partial charge >= 0.3 is 6.18 Å². The first-order valence-corrected chi connectivity index (χ1v) is 7.48. The third-order valence-electron chi connectivity index (χ3n) is 3.15. The molecular formula is C17H17F3N2O4. The van der Waals surface area contributed by atoms with E-state index in [1.807, 2.05) is 0 Å². The molecule has 0 saturated heterocycles. The minimum atomic E-state index is -4.68. The lowest BCUT2D eigenvalue weighted by atomic mass is 10.0. The Labute approximate surface area is 147 Å². The maximum Gasteiger partial charge on any atom is 0.416 e. The second-order valence-electron chi connectivity index (χ2n) is 6.44. The van der Waals surface area contributed by atoms with E-state index in [2.05, 4.69) is 5.16 Å². The SMILES string of the molecule is CC(C)(C)O/N=C(/c1cc(C(F)(F)F)ccc1O)c1c(O)ccc[n+]1[O-]. The van der Waals surface area contributed by atoms with Gasteiger partial charge in [-0.25, -0.2) is 0 Å². The number of phenolic OH excluding ortho intramolecular Hbond substituents is 1. The van der Waals surface area contributed by atoms with Crippen LogP contribution in [0.2, 0.25) is 0 Å². The number of phenols is 1. The first kappa shape index (κ1) is 19.4. The van der Waals surface area contributed by atoms with Crippen molar-refractivity contribution in [1.29, 1.82) is 0 Å². The van der Waals surface area contributed by atoms with Crippen LogP contribution in [0, 0.1) is 5.21 Å². The van der Waals surface area contributed by atoms with Gasteiger partial charge < -0.3 is 20.3 Å². The number of halogens is 3. The van der Waals surface area contributed by atoms with Crippen molar-refractivity contribution in [2.24, 2.45) is 5.16 Å². The fraction of sp³-hybridized carbons (Fsp3) is 0.294. The van der Waals surface area contributed by atoms with E-state index in [-0.39, 0.29) is 4.73 Å². The van der Waals surface area contributed by atoms with Crippen LogP contribution in [-0.4, -0.2) is 21.5 Å². The number of hydrogen-bond acceptors (Lipinski definition) is 5. The Bertz CT molecular complexity index is 823. The molecule has 0 atom stereocenters. The lowest BCUT2D eigenvalue weighted by Crippen LogP contribution is -2.35. The summed E-state index contributed by atoms with van der Waals surface area (Å²) in [6.07, 6.45) is -3.64. The predicted molar refractivity (Wildman–Crippen MR) is 86.7 cm³/mol. The molecule has 2 N–H and O–H groups in total. The minimum Gasteiger partial charge on any atom is -0.618 e. The van der Waals surface area contributed by atoms with Gasteiger partial charge in [-0.1, -0.05) is 5.16 Å². The molecule has 2 rings (SSSR count). The van der Waals surface area contributed by atoms with Crippen LogP contribution >= 0.6 is 0 Å². The molecule has 0 amide bonds. The van der Waals surface area contributed by atoms with Crippen LogP contribution in [0.3, 0.4) is 0 Å². The van der Waals surface area contributed by atoms with E-state index in [9.17, 15) is 28.6 Å². The Morgan fingerprint density at radius 2 is 1.77 bits per heavy atom. The number of hydrogen-bond donors (Lipinski definition) is 2.